The highest BCUT2D eigenvalue weighted by Gasteiger charge is 2.38. The number of carbonyl (C=O) groups is 1. The molecule has 1 atom stereocenters. The zero-order valence-corrected chi connectivity index (χ0v) is 19.2. The van der Waals surface area contributed by atoms with Crippen LogP contribution in [0.2, 0.25) is 0 Å². The molecule has 0 fully saturated rings. The lowest BCUT2D eigenvalue weighted by Crippen LogP contribution is -2.32. The quantitative estimate of drug-likeness (QED) is 0.527. The smallest absolute Gasteiger partial charge is 0.348 e. The molecule has 2 aromatic carbocycles. The van der Waals surface area contributed by atoms with Gasteiger partial charge in [-0.3, -0.25) is 4.79 Å². The number of para-hydroxylation sites is 2. The minimum atomic E-state index is -4.71. The van der Waals surface area contributed by atoms with Gasteiger partial charge in [-0.1, -0.05) is 38.1 Å². The van der Waals surface area contributed by atoms with Crippen molar-refractivity contribution in [2.75, 3.05) is 13.1 Å². The van der Waals surface area contributed by atoms with Gasteiger partial charge < -0.3 is 9.88 Å². The Morgan fingerprint density at radius 1 is 1.09 bits per heavy atom. The van der Waals surface area contributed by atoms with Gasteiger partial charge in [0.2, 0.25) is 21.8 Å². The number of sulfonamides is 1. The Bertz CT molecular complexity index is 1230. The van der Waals surface area contributed by atoms with Gasteiger partial charge in [0.05, 0.1) is 22.0 Å². The van der Waals surface area contributed by atoms with Crippen molar-refractivity contribution in [1.82, 2.24) is 19.2 Å². The summed E-state index contributed by atoms with van der Waals surface area (Å²) >= 11 is 0. The molecule has 7 nitrogen and oxygen atoms in total. The molecule has 178 valence electrons. The molecule has 3 rings (SSSR count). The third-order valence-electron chi connectivity index (χ3n) is 5.31. The van der Waals surface area contributed by atoms with E-state index in [0.717, 1.165) is 4.57 Å². The first-order valence-electron chi connectivity index (χ1n) is 10.4. The van der Waals surface area contributed by atoms with E-state index in [4.69, 9.17) is 0 Å². The van der Waals surface area contributed by atoms with Crippen LogP contribution in [0.5, 0.6) is 0 Å². The molecule has 33 heavy (non-hydrogen) atoms. The number of hydrogen-bond acceptors (Lipinski definition) is 4. The van der Waals surface area contributed by atoms with E-state index in [1.165, 1.54) is 28.6 Å². The average Bonchev–Trinajstić information content (AvgIpc) is 3.13. The monoisotopic (exact) mass is 482 g/mol. The highest BCUT2D eigenvalue weighted by Crippen LogP contribution is 2.31. The second kappa shape index (κ2) is 9.52. The Morgan fingerprint density at radius 3 is 2.27 bits per heavy atom. The van der Waals surface area contributed by atoms with E-state index in [0.29, 0.717) is 18.7 Å². The van der Waals surface area contributed by atoms with Gasteiger partial charge in [-0.25, -0.2) is 13.4 Å². The number of hydrogen-bond donors (Lipinski definition) is 1. The van der Waals surface area contributed by atoms with Crippen LogP contribution in [0.1, 0.15) is 38.2 Å². The molecule has 0 radical (unpaired) electrons. The van der Waals surface area contributed by atoms with Crippen molar-refractivity contribution in [3.63, 3.8) is 0 Å². The summed E-state index contributed by atoms with van der Waals surface area (Å²) in [5, 5.41) is 2.67. The number of nitrogens with zero attached hydrogens (tertiary/aromatic N) is 3. The third-order valence-corrected chi connectivity index (χ3v) is 7.37. The largest absolute Gasteiger partial charge is 0.449 e. The highest BCUT2D eigenvalue weighted by molar-refractivity contribution is 7.89. The van der Waals surface area contributed by atoms with Crippen LogP contribution in [0.4, 0.5) is 13.2 Å². The van der Waals surface area contributed by atoms with Gasteiger partial charge in [-0.2, -0.15) is 17.5 Å². The summed E-state index contributed by atoms with van der Waals surface area (Å²) in [6.07, 6.45) is -4.71. The molecule has 1 heterocycles. The van der Waals surface area contributed by atoms with Gasteiger partial charge in [0.1, 0.15) is 6.54 Å². The minimum absolute atomic E-state index is 0.133. The molecule has 0 spiro atoms. The van der Waals surface area contributed by atoms with Crippen LogP contribution in [0.3, 0.4) is 0 Å². The Labute approximate surface area is 190 Å². The first-order valence-corrected chi connectivity index (χ1v) is 11.8. The molecule has 0 saturated heterocycles. The fourth-order valence-electron chi connectivity index (χ4n) is 3.61. The topological polar surface area (TPSA) is 84.3 Å². The van der Waals surface area contributed by atoms with Gasteiger partial charge in [0, 0.05) is 13.1 Å². The van der Waals surface area contributed by atoms with Crippen molar-refractivity contribution in [1.29, 1.82) is 0 Å². The fourth-order valence-corrected chi connectivity index (χ4v) is 5.07. The second-order valence-corrected chi connectivity index (χ2v) is 9.39. The zero-order chi connectivity index (χ0) is 24.4. The lowest BCUT2D eigenvalue weighted by atomic mass is 10.1. The maximum atomic E-state index is 13.4. The summed E-state index contributed by atoms with van der Waals surface area (Å²) in [6, 6.07) is 11.6. The number of fused-ring (bicyclic) bond motifs is 1. The minimum Gasteiger partial charge on any atom is -0.348 e. The van der Waals surface area contributed by atoms with E-state index < -0.39 is 40.5 Å². The maximum absolute atomic E-state index is 13.4. The predicted molar refractivity (Wildman–Crippen MR) is 118 cm³/mol. The summed E-state index contributed by atoms with van der Waals surface area (Å²) in [5.74, 6) is -1.77. The van der Waals surface area contributed by atoms with Crippen molar-refractivity contribution in [2.24, 2.45) is 0 Å². The van der Waals surface area contributed by atoms with E-state index in [1.54, 1.807) is 45.0 Å². The Balaban J connectivity index is 1.77. The molecule has 1 N–H and O–H groups in total. The van der Waals surface area contributed by atoms with Gasteiger partial charge in [-0.15, -0.1) is 0 Å². The molecule has 1 amide bonds. The number of halogens is 3. The summed E-state index contributed by atoms with van der Waals surface area (Å²) in [4.78, 5) is 16.3. The van der Waals surface area contributed by atoms with E-state index in [1.807, 2.05) is 0 Å². The molecule has 0 bridgehead atoms. The van der Waals surface area contributed by atoms with Crippen molar-refractivity contribution < 1.29 is 26.4 Å². The molecule has 0 aliphatic carbocycles. The van der Waals surface area contributed by atoms with Gasteiger partial charge in [0.25, 0.3) is 0 Å². The first-order chi connectivity index (χ1) is 15.5. The number of amides is 1. The SMILES string of the molecule is CCN(CC)S(=O)(=O)c1ccc([C@H](C)NC(=O)Cn2c(C(F)(F)F)nc3ccccc32)cc1. The lowest BCUT2D eigenvalue weighted by molar-refractivity contribution is -0.147. The van der Waals surface area contributed by atoms with E-state index >= 15 is 0 Å². The summed E-state index contributed by atoms with van der Waals surface area (Å²) < 4.78 is 67.7. The van der Waals surface area contributed by atoms with Crippen LogP contribution in [0.25, 0.3) is 11.0 Å². The number of nitrogens with one attached hydrogen (secondary N) is 1. The lowest BCUT2D eigenvalue weighted by Gasteiger charge is -2.19. The Hall–Kier alpha value is -2.92. The first kappa shape index (κ1) is 24.7. The van der Waals surface area contributed by atoms with Crippen LogP contribution in [0, 0.1) is 0 Å². The summed E-state index contributed by atoms with van der Waals surface area (Å²) in [6.45, 7) is 5.30. The molecule has 11 heteroatoms. The average molecular weight is 483 g/mol. The third kappa shape index (κ3) is 5.19. The number of benzene rings is 2. The second-order valence-electron chi connectivity index (χ2n) is 7.46. The number of carbonyl (C=O) groups excluding carboxylic acids is 1. The van der Waals surface area contributed by atoms with Crippen LogP contribution in [-0.4, -0.2) is 41.3 Å². The molecule has 0 saturated carbocycles. The number of alkyl halides is 3. The van der Waals surface area contributed by atoms with Crippen molar-refractivity contribution in [2.45, 2.75) is 44.4 Å². The van der Waals surface area contributed by atoms with Gasteiger partial charge in [-0.05, 0) is 36.8 Å². The van der Waals surface area contributed by atoms with Gasteiger partial charge >= 0.3 is 6.18 Å². The van der Waals surface area contributed by atoms with E-state index in [9.17, 15) is 26.4 Å². The number of rotatable bonds is 8. The van der Waals surface area contributed by atoms with E-state index in [2.05, 4.69) is 10.3 Å². The molecule has 3 aromatic rings. The van der Waals surface area contributed by atoms with Crippen LogP contribution < -0.4 is 5.32 Å². The Kier molecular flexibility index (Phi) is 7.13. The van der Waals surface area contributed by atoms with Crippen molar-refractivity contribution in [3.05, 3.63) is 59.9 Å². The standard InChI is InChI=1S/C22H25F3N4O3S/c1-4-28(5-2)33(31,32)17-12-10-16(11-13-17)15(3)26-20(30)14-29-19-9-7-6-8-18(19)27-21(29)22(23,24)25/h6-13,15H,4-5,14H2,1-3H3,(H,26,30)/t15-/m0/s1. The van der Waals surface area contributed by atoms with Crippen LogP contribution in [-0.2, 0) is 27.5 Å². The normalized spacial score (nSPS) is 13.4. The van der Waals surface area contributed by atoms with E-state index in [-0.39, 0.29) is 15.9 Å². The summed E-state index contributed by atoms with van der Waals surface area (Å²) in [7, 11) is -3.61. The molecular formula is C22H25F3N4O3S. The summed E-state index contributed by atoms with van der Waals surface area (Å²) in [5.41, 5.74) is 0.975. The van der Waals surface area contributed by atoms with Gasteiger partial charge in [0.15, 0.2) is 0 Å². The Morgan fingerprint density at radius 2 is 1.70 bits per heavy atom. The number of aromatic nitrogens is 2. The van der Waals surface area contributed by atoms with Crippen LogP contribution >= 0.6 is 0 Å². The highest BCUT2D eigenvalue weighted by atomic mass is 32.2. The van der Waals surface area contributed by atoms with Crippen molar-refractivity contribution >= 4 is 27.0 Å². The molecule has 0 aliphatic heterocycles. The molecular weight excluding hydrogens is 457 g/mol. The molecule has 1 aromatic heterocycles. The zero-order valence-electron chi connectivity index (χ0n) is 18.4. The van der Waals surface area contributed by atoms with Crippen molar-refractivity contribution in [3.8, 4) is 0 Å². The molecule has 0 aliphatic rings. The predicted octanol–water partition coefficient (Wildman–Crippen LogP) is 3.96. The fraction of sp³-hybridized carbons (Fsp3) is 0.364. The van der Waals surface area contributed by atoms with Crippen LogP contribution in [0.15, 0.2) is 53.4 Å². The molecule has 0 unspecified atom stereocenters. The number of imidazole rings is 1. The maximum Gasteiger partial charge on any atom is 0.449 e.